The third-order valence-corrected chi connectivity index (χ3v) is 0.500. The molecule has 0 aromatic heterocycles. The maximum Gasteiger partial charge on any atom is 0 e. The fourth-order valence-electron chi connectivity index (χ4n) is 0. The van der Waals surface area contributed by atoms with Crippen LogP contribution < -0.4 is 0 Å². The van der Waals surface area contributed by atoms with Crippen LogP contribution in [0.1, 0.15) is 26.7 Å². The molecule has 0 aliphatic carbocycles. The predicted octanol–water partition coefficient (Wildman–Crippen LogP) is 1.80. The van der Waals surface area contributed by atoms with Gasteiger partial charge in [0.2, 0.25) is 0 Å². The van der Waals surface area contributed by atoms with Gasteiger partial charge in [-0.3, -0.25) is 0 Å². The van der Waals surface area contributed by atoms with Crippen LogP contribution in [-0.2, 0) is 46.8 Å². The molecular weight excluding hydrogens is 226 g/mol. The fraction of sp³-hybridized carbons (Fsp3) is 1.00. The molecule has 0 aromatic carbocycles. The molecular formula is C4H10CdZn. The van der Waals surface area contributed by atoms with Crippen molar-refractivity contribution in [1.29, 1.82) is 0 Å². The van der Waals surface area contributed by atoms with Crippen LogP contribution in [-0.4, -0.2) is 0 Å². The number of hydrogen-bond acceptors (Lipinski definition) is 0. The first-order valence-electron chi connectivity index (χ1n) is 1.91. The average Bonchev–Trinajstić information content (AvgIpc) is 1.37. The second-order valence-corrected chi connectivity index (χ2v) is 1.000. The monoisotopic (exact) mass is 236 g/mol. The van der Waals surface area contributed by atoms with Crippen molar-refractivity contribution in [3.8, 4) is 0 Å². The van der Waals surface area contributed by atoms with Gasteiger partial charge in [0.05, 0.1) is 0 Å². The molecule has 0 nitrogen and oxygen atoms in total. The Labute approximate surface area is 73.0 Å². The van der Waals surface area contributed by atoms with E-state index < -0.39 is 0 Å². The molecule has 0 N–H and O–H groups in total. The first-order chi connectivity index (χ1) is 1.91. The summed E-state index contributed by atoms with van der Waals surface area (Å²) in [6.45, 7) is 4.36. The van der Waals surface area contributed by atoms with Gasteiger partial charge in [-0.05, 0) is 0 Å². The standard InChI is InChI=1S/C4H10.Cd.Zn/c1-3-4-2;;/h3-4H2,1-2H3;;. The van der Waals surface area contributed by atoms with Gasteiger partial charge < -0.3 is 0 Å². The second kappa shape index (κ2) is 16.0. The van der Waals surface area contributed by atoms with E-state index in [4.69, 9.17) is 0 Å². The zero-order chi connectivity index (χ0) is 3.41. The van der Waals surface area contributed by atoms with Crippen molar-refractivity contribution < 1.29 is 46.8 Å². The smallest absolute Gasteiger partial charge is 0 e. The van der Waals surface area contributed by atoms with Crippen LogP contribution in [0.25, 0.3) is 0 Å². The van der Waals surface area contributed by atoms with Gasteiger partial charge in [-0.2, -0.15) is 0 Å². The van der Waals surface area contributed by atoms with Crippen molar-refractivity contribution in [1.82, 2.24) is 0 Å². The summed E-state index contributed by atoms with van der Waals surface area (Å²) < 4.78 is 0. The maximum atomic E-state index is 2.18. The van der Waals surface area contributed by atoms with E-state index in [1.54, 1.807) is 0 Å². The van der Waals surface area contributed by atoms with E-state index >= 15 is 0 Å². The van der Waals surface area contributed by atoms with Crippen LogP contribution in [0.2, 0.25) is 0 Å². The molecule has 6 heavy (non-hydrogen) atoms. The van der Waals surface area contributed by atoms with Gasteiger partial charge in [0.25, 0.3) is 0 Å². The van der Waals surface area contributed by atoms with E-state index in [2.05, 4.69) is 13.8 Å². The van der Waals surface area contributed by atoms with Crippen LogP contribution >= 0.6 is 0 Å². The van der Waals surface area contributed by atoms with Gasteiger partial charge in [-0.15, -0.1) is 0 Å². The minimum Gasteiger partial charge on any atom is -0.0654 e. The van der Waals surface area contributed by atoms with Gasteiger partial charge >= 0.3 is 0 Å². The summed E-state index contributed by atoms with van der Waals surface area (Å²) in [7, 11) is 0. The van der Waals surface area contributed by atoms with Crippen LogP contribution in [0.4, 0.5) is 0 Å². The summed E-state index contributed by atoms with van der Waals surface area (Å²) in [6.07, 6.45) is 2.64. The first kappa shape index (κ1) is 15.6. The van der Waals surface area contributed by atoms with Crippen LogP contribution in [0.15, 0.2) is 0 Å². The van der Waals surface area contributed by atoms with E-state index in [1.807, 2.05) is 0 Å². The Bertz CT molecular complexity index is 9.51. The summed E-state index contributed by atoms with van der Waals surface area (Å²) >= 11 is 0. The molecule has 0 atom stereocenters. The van der Waals surface area contributed by atoms with Gasteiger partial charge in [0, 0.05) is 46.8 Å². The summed E-state index contributed by atoms with van der Waals surface area (Å²) in [5.41, 5.74) is 0. The van der Waals surface area contributed by atoms with E-state index in [0.29, 0.717) is 0 Å². The molecule has 0 spiro atoms. The molecule has 0 bridgehead atoms. The number of unbranched alkanes of at least 4 members (excludes halogenated alkanes) is 1. The topological polar surface area (TPSA) is 0 Å². The van der Waals surface area contributed by atoms with E-state index in [1.165, 1.54) is 12.8 Å². The molecule has 30 valence electrons. The van der Waals surface area contributed by atoms with Gasteiger partial charge in [0.1, 0.15) is 0 Å². The molecule has 0 radical (unpaired) electrons. The molecule has 0 heterocycles. The van der Waals surface area contributed by atoms with Crippen LogP contribution in [0.5, 0.6) is 0 Å². The minimum atomic E-state index is 0. The zero-order valence-corrected chi connectivity index (χ0v) is 11.8. The van der Waals surface area contributed by atoms with E-state index in [-0.39, 0.29) is 46.8 Å². The van der Waals surface area contributed by atoms with E-state index in [0.717, 1.165) is 0 Å². The third-order valence-electron chi connectivity index (χ3n) is 0.500. The Balaban J connectivity index is -0.0000000450. The Kier molecular flexibility index (Phi) is 41.8. The summed E-state index contributed by atoms with van der Waals surface area (Å²) in [4.78, 5) is 0. The summed E-state index contributed by atoms with van der Waals surface area (Å²) in [5.74, 6) is 0. The Morgan fingerprint density at radius 3 is 1.17 bits per heavy atom. The molecule has 0 rings (SSSR count). The van der Waals surface area contributed by atoms with Crippen molar-refractivity contribution in [3.63, 3.8) is 0 Å². The molecule has 0 aromatic rings. The van der Waals surface area contributed by atoms with Crippen molar-refractivity contribution in [3.05, 3.63) is 0 Å². The van der Waals surface area contributed by atoms with Crippen molar-refractivity contribution >= 4 is 0 Å². The predicted molar refractivity (Wildman–Crippen MR) is 20.6 cm³/mol. The normalized spacial score (nSPS) is 5.00. The Morgan fingerprint density at radius 2 is 1.17 bits per heavy atom. The molecule has 0 aliphatic rings. The first-order valence-corrected chi connectivity index (χ1v) is 1.91. The average molecular weight is 236 g/mol. The van der Waals surface area contributed by atoms with Gasteiger partial charge in [0.15, 0.2) is 0 Å². The Hall–Kier alpha value is 1.55. The summed E-state index contributed by atoms with van der Waals surface area (Å²) in [6, 6.07) is 0. The van der Waals surface area contributed by atoms with Crippen molar-refractivity contribution in [2.75, 3.05) is 0 Å². The van der Waals surface area contributed by atoms with Crippen molar-refractivity contribution in [2.24, 2.45) is 0 Å². The fourth-order valence-corrected chi connectivity index (χ4v) is 0. The molecule has 0 saturated carbocycles. The molecule has 2 heteroatoms. The molecule has 0 saturated heterocycles. The Morgan fingerprint density at radius 1 is 1.00 bits per heavy atom. The van der Waals surface area contributed by atoms with Gasteiger partial charge in [-0.25, -0.2) is 0 Å². The van der Waals surface area contributed by atoms with Crippen molar-refractivity contribution in [2.45, 2.75) is 26.7 Å². The quantitative estimate of drug-likeness (QED) is 0.609. The minimum absolute atomic E-state index is 0. The number of rotatable bonds is 1. The van der Waals surface area contributed by atoms with Gasteiger partial charge in [-0.1, -0.05) is 26.7 Å². The molecule has 0 aliphatic heterocycles. The zero-order valence-electron chi connectivity index (χ0n) is 4.83. The second-order valence-electron chi connectivity index (χ2n) is 1.000. The van der Waals surface area contributed by atoms with Crippen LogP contribution in [0, 0.1) is 0 Å². The maximum absolute atomic E-state index is 2.18. The summed E-state index contributed by atoms with van der Waals surface area (Å²) in [5, 5.41) is 0. The largest absolute Gasteiger partial charge is 0.0654 e. The SMILES string of the molecule is CCCC.[Cd].[Zn]. The molecule has 0 fully saturated rings. The number of hydrogen-bond donors (Lipinski definition) is 0. The van der Waals surface area contributed by atoms with E-state index in [9.17, 15) is 0 Å². The molecule has 0 amide bonds. The third kappa shape index (κ3) is 17.7. The molecule has 0 unspecified atom stereocenters. The van der Waals surface area contributed by atoms with Crippen LogP contribution in [0.3, 0.4) is 0 Å².